The zero-order chi connectivity index (χ0) is 11.4. The van der Waals surface area contributed by atoms with Gasteiger partial charge in [-0.25, -0.2) is 4.98 Å². The summed E-state index contributed by atoms with van der Waals surface area (Å²) in [6.45, 7) is 2.80. The van der Waals surface area contributed by atoms with Crippen molar-refractivity contribution in [1.82, 2.24) is 15.3 Å². The summed E-state index contributed by atoms with van der Waals surface area (Å²) in [5.41, 5.74) is -0.145. The first kappa shape index (κ1) is 11.8. The minimum atomic E-state index is -0.145. The molecule has 2 N–H and O–H groups in total. The third-order valence-corrected chi connectivity index (χ3v) is 3.64. The van der Waals surface area contributed by atoms with Crippen LogP contribution in [-0.4, -0.2) is 29.7 Å². The van der Waals surface area contributed by atoms with Gasteiger partial charge >= 0.3 is 0 Å². The second-order valence-electron chi connectivity index (χ2n) is 3.85. The molecule has 2 rings (SSSR count). The van der Waals surface area contributed by atoms with E-state index in [9.17, 15) is 4.79 Å². The summed E-state index contributed by atoms with van der Waals surface area (Å²) in [5, 5.41) is 3.31. The summed E-state index contributed by atoms with van der Waals surface area (Å²) in [5.74, 6) is 1.13. The highest BCUT2D eigenvalue weighted by molar-refractivity contribution is 14.1. The molecule has 1 aliphatic rings. The van der Waals surface area contributed by atoms with Gasteiger partial charge in [0.1, 0.15) is 3.57 Å². The van der Waals surface area contributed by atoms with Crippen molar-refractivity contribution in [3.05, 3.63) is 20.3 Å². The van der Waals surface area contributed by atoms with Gasteiger partial charge in [-0.05, 0) is 54.4 Å². The van der Waals surface area contributed by atoms with Gasteiger partial charge in [0.2, 0.25) is 5.88 Å². The van der Waals surface area contributed by atoms with E-state index < -0.39 is 0 Å². The van der Waals surface area contributed by atoms with Crippen LogP contribution in [0.2, 0.25) is 0 Å². The lowest BCUT2D eigenvalue weighted by molar-refractivity contribution is 0.271. The van der Waals surface area contributed by atoms with Crippen LogP contribution in [0.3, 0.4) is 0 Å². The molecule has 0 aliphatic carbocycles. The summed E-state index contributed by atoms with van der Waals surface area (Å²) in [7, 11) is 0. The first-order valence-electron chi connectivity index (χ1n) is 5.34. The van der Waals surface area contributed by atoms with Crippen molar-refractivity contribution < 1.29 is 4.74 Å². The van der Waals surface area contributed by atoms with Crippen molar-refractivity contribution in [2.75, 3.05) is 19.7 Å². The van der Waals surface area contributed by atoms with Crippen molar-refractivity contribution in [1.29, 1.82) is 0 Å². The maximum Gasteiger partial charge on any atom is 0.268 e. The van der Waals surface area contributed by atoms with E-state index in [2.05, 4.69) is 15.3 Å². The van der Waals surface area contributed by atoms with Gasteiger partial charge in [0.15, 0.2) is 0 Å². The van der Waals surface area contributed by atoms with Crippen LogP contribution >= 0.6 is 22.6 Å². The number of nitrogens with zero attached hydrogens (tertiary/aromatic N) is 1. The monoisotopic (exact) mass is 335 g/mol. The molecule has 1 aromatic heterocycles. The Morgan fingerprint density at radius 1 is 1.62 bits per heavy atom. The third kappa shape index (κ3) is 2.94. The van der Waals surface area contributed by atoms with Crippen LogP contribution in [-0.2, 0) is 0 Å². The number of aromatic amines is 1. The number of hydrogen-bond acceptors (Lipinski definition) is 4. The standard InChI is InChI=1S/C10H14IN3O2/c11-8-9(15)13-6-14-10(8)16-4-2-7-1-3-12-5-7/h6-7,12H,1-5H2,(H,13,14,15). The topological polar surface area (TPSA) is 67.0 Å². The van der Waals surface area contributed by atoms with Gasteiger partial charge in [0, 0.05) is 0 Å². The molecule has 0 spiro atoms. The molecule has 2 heterocycles. The first-order chi connectivity index (χ1) is 7.77. The van der Waals surface area contributed by atoms with Crippen LogP contribution in [0, 0.1) is 9.49 Å². The molecule has 0 aromatic carbocycles. The number of nitrogens with one attached hydrogen (secondary N) is 2. The van der Waals surface area contributed by atoms with E-state index in [4.69, 9.17) is 4.74 Å². The largest absolute Gasteiger partial charge is 0.477 e. The van der Waals surface area contributed by atoms with E-state index in [-0.39, 0.29) is 5.56 Å². The fourth-order valence-electron chi connectivity index (χ4n) is 1.75. The fourth-order valence-corrected chi connectivity index (χ4v) is 2.20. The number of hydrogen-bond donors (Lipinski definition) is 2. The molecule has 0 amide bonds. The molecular weight excluding hydrogens is 321 g/mol. The quantitative estimate of drug-likeness (QED) is 0.797. The second kappa shape index (κ2) is 5.62. The van der Waals surface area contributed by atoms with E-state index in [0.29, 0.717) is 22.0 Å². The molecule has 1 aromatic rings. The van der Waals surface area contributed by atoms with Crippen molar-refractivity contribution >= 4 is 22.6 Å². The smallest absolute Gasteiger partial charge is 0.268 e. The van der Waals surface area contributed by atoms with Crippen LogP contribution in [0.4, 0.5) is 0 Å². The molecule has 0 saturated carbocycles. The average molecular weight is 335 g/mol. The molecule has 0 radical (unpaired) electrons. The highest BCUT2D eigenvalue weighted by Crippen LogP contribution is 2.15. The predicted molar refractivity (Wildman–Crippen MR) is 68.7 cm³/mol. The predicted octanol–water partition coefficient (Wildman–Crippen LogP) is 0.753. The van der Waals surface area contributed by atoms with Gasteiger partial charge in [-0.3, -0.25) is 4.79 Å². The van der Waals surface area contributed by atoms with Crippen LogP contribution in [0.5, 0.6) is 5.88 Å². The molecule has 0 bridgehead atoms. The van der Waals surface area contributed by atoms with Crippen LogP contribution in [0.1, 0.15) is 12.8 Å². The molecule has 16 heavy (non-hydrogen) atoms. The zero-order valence-corrected chi connectivity index (χ0v) is 11.0. The lowest BCUT2D eigenvalue weighted by Gasteiger charge is -2.09. The second-order valence-corrected chi connectivity index (χ2v) is 4.93. The molecule has 5 nitrogen and oxygen atoms in total. The lowest BCUT2D eigenvalue weighted by Crippen LogP contribution is -2.15. The van der Waals surface area contributed by atoms with Crippen molar-refractivity contribution in [2.24, 2.45) is 5.92 Å². The Morgan fingerprint density at radius 2 is 2.50 bits per heavy atom. The molecule has 1 atom stereocenters. The van der Waals surface area contributed by atoms with Gasteiger partial charge in [-0.2, -0.15) is 0 Å². The SMILES string of the molecule is O=c1[nH]cnc(OCCC2CCNC2)c1I. The third-order valence-electron chi connectivity index (χ3n) is 2.69. The Bertz CT molecular complexity index is 401. The number of rotatable bonds is 4. The van der Waals surface area contributed by atoms with E-state index in [1.54, 1.807) is 0 Å². The maximum atomic E-state index is 11.3. The number of aromatic nitrogens is 2. The maximum absolute atomic E-state index is 11.3. The van der Waals surface area contributed by atoms with E-state index >= 15 is 0 Å². The Balaban J connectivity index is 1.84. The fraction of sp³-hybridized carbons (Fsp3) is 0.600. The van der Waals surface area contributed by atoms with Gasteiger partial charge in [-0.1, -0.05) is 0 Å². The minimum absolute atomic E-state index is 0.145. The normalized spacial score (nSPS) is 19.9. The van der Waals surface area contributed by atoms with Crippen LogP contribution in [0.25, 0.3) is 0 Å². The summed E-state index contributed by atoms with van der Waals surface area (Å²) in [6, 6.07) is 0. The van der Waals surface area contributed by atoms with Crippen molar-refractivity contribution in [2.45, 2.75) is 12.8 Å². The van der Waals surface area contributed by atoms with Gasteiger partial charge in [0.05, 0.1) is 12.9 Å². The van der Waals surface area contributed by atoms with Gasteiger partial charge < -0.3 is 15.0 Å². The number of H-pyrrole nitrogens is 1. The highest BCUT2D eigenvalue weighted by atomic mass is 127. The summed E-state index contributed by atoms with van der Waals surface area (Å²) < 4.78 is 6.03. The molecule has 1 fully saturated rings. The Hall–Kier alpha value is -0.630. The Labute approximate surface area is 107 Å². The zero-order valence-electron chi connectivity index (χ0n) is 8.83. The summed E-state index contributed by atoms with van der Waals surface area (Å²) in [6.07, 6.45) is 3.60. The molecule has 6 heteroatoms. The van der Waals surface area contributed by atoms with E-state index in [1.807, 2.05) is 22.6 Å². The molecule has 1 unspecified atom stereocenters. The van der Waals surface area contributed by atoms with Crippen LogP contribution < -0.4 is 15.6 Å². The van der Waals surface area contributed by atoms with Crippen LogP contribution in [0.15, 0.2) is 11.1 Å². The van der Waals surface area contributed by atoms with E-state index in [1.165, 1.54) is 12.7 Å². The number of halogens is 1. The Morgan fingerprint density at radius 3 is 3.25 bits per heavy atom. The highest BCUT2D eigenvalue weighted by Gasteiger charge is 2.14. The van der Waals surface area contributed by atoms with Gasteiger partial charge in [-0.15, -0.1) is 0 Å². The summed E-state index contributed by atoms with van der Waals surface area (Å²) >= 11 is 1.95. The molecule has 1 aliphatic heterocycles. The molecule has 88 valence electrons. The molecule has 1 saturated heterocycles. The lowest BCUT2D eigenvalue weighted by atomic mass is 10.1. The average Bonchev–Trinajstić information content (AvgIpc) is 2.77. The van der Waals surface area contributed by atoms with E-state index in [0.717, 1.165) is 19.5 Å². The minimum Gasteiger partial charge on any atom is -0.477 e. The van der Waals surface area contributed by atoms with Gasteiger partial charge in [0.25, 0.3) is 5.56 Å². The van der Waals surface area contributed by atoms with Crippen molar-refractivity contribution in [3.63, 3.8) is 0 Å². The first-order valence-corrected chi connectivity index (χ1v) is 6.42. The molecular formula is C10H14IN3O2. The number of ether oxygens (including phenoxy) is 1. The summed E-state index contributed by atoms with van der Waals surface area (Å²) in [4.78, 5) is 17.8. The Kier molecular flexibility index (Phi) is 4.16. The van der Waals surface area contributed by atoms with Crippen molar-refractivity contribution in [3.8, 4) is 5.88 Å².